The lowest BCUT2D eigenvalue weighted by molar-refractivity contribution is -0.111. The molecule has 4 aromatic rings. The second kappa shape index (κ2) is 9.29. The molecule has 1 aliphatic rings. The number of hydrogen-bond acceptors (Lipinski definition) is 5. The molecule has 1 amide bonds. The van der Waals surface area contributed by atoms with Crippen LogP contribution in [0.15, 0.2) is 61.4 Å². The Morgan fingerprint density at radius 1 is 1.15 bits per heavy atom. The van der Waals surface area contributed by atoms with Gasteiger partial charge in [-0.2, -0.15) is 0 Å². The number of nitrogens with one attached hydrogen (secondary N) is 2. The molecule has 34 heavy (non-hydrogen) atoms. The van der Waals surface area contributed by atoms with Crippen molar-refractivity contribution in [3.63, 3.8) is 0 Å². The van der Waals surface area contributed by atoms with Gasteiger partial charge in [0, 0.05) is 47.7 Å². The van der Waals surface area contributed by atoms with Crippen molar-refractivity contribution in [2.45, 2.75) is 6.92 Å². The van der Waals surface area contributed by atoms with E-state index in [1.54, 1.807) is 12.3 Å². The minimum absolute atomic E-state index is 0.261. The molecule has 0 spiro atoms. The maximum absolute atomic E-state index is 12.0. The number of morpholine rings is 1. The molecular formula is C26H24ClN5O2. The Morgan fingerprint density at radius 3 is 2.74 bits per heavy atom. The number of nitrogens with zero attached hydrogens (tertiary/aromatic N) is 3. The summed E-state index contributed by atoms with van der Waals surface area (Å²) in [6.45, 7) is 8.47. The predicted octanol–water partition coefficient (Wildman–Crippen LogP) is 5.21. The first-order valence-electron chi connectivity index (χ1n) is 11.0. The van der Waals surface area contributed by atoms with Crippen LogP contribution in [0.4, 0.5) is 11.5 Å². The lowest BCUT2D eigenvalue weighted by atomic mass is 9.97. The first kappa shape index (κ1) is 22.1. The monoisotopic (exact) mass is 473 g/mol. The Kier molecular flexibility index (Phi) is 6.04. The summed E-state index contributed by atoms with van der Waals surface area (Å²) in [5.41, 5.74) is 6.04. The first-order valence-corrected chi connectivity index (χ1v) is 11.4. The van der Waals surface area contributed by atoms with Gasteiger partial charge in [0.1, 0.15) is 11.5 Å². The fraction of sp³-hybridized carbons (Fsp3) is 0.192. The molecule has 8 heteroatoms. The third-order valence-electron chi connectivity index (χ3n) is 5.98. The van der Waals surface area contributed by atoms with Gasteiger partial charge in [0.05, 0.1) is 23.9 Å². The Labute approximate surface area is 202 Å². The fourth-order valence-corrected chi connectivity index (χ4v) is 4.46. The Hall–Kier alpha value is -3.68. The third-order valence-corrected chi connectivity index (χ3v) is 6.30. The Morgan fingerprint density at radius 2 is 1.94 bits per heavy atom. The second-order valence-corrected chi connectivity index (χ2v) is 8.52. The predicted molar refractivity (Wildman–Crippen MR) is 136 cm³/mol. The van der Waals surface area contributed by atoms with Crippen molar-refractivity contribution in [3.8, 4) is 22.4 Å². The summed E-state index contributed by atoms with van der Waals surface area (Å²) in [5, 5.41) is 4.32. The maximum atomic E-state index is 12.0. The molecule has 0 aliphatic carbocycles. The topological polar surface area (TPSA) is 83.1 Å². The van der Waals surface area contributed by atoms with Crippen LogP contribution in [0.2, 0.25) is 5.02 Å². The molecule has 0 unspecified atom stereocenters. The van der Waals surface area contributed by atoms with Gasteiger partial charge in [-0.1, -0.05) is 30.3 Å². The van der Waals surface area contributed by atoms with Gasteiger partial charge in [0.2, 0.25) is 5.91 Å². The number of ether oxygens (including phenoxy) is 1. The highest BCUT2D eigenvalue weighted by Gasteiger charge is 2.21. The first-order chi connectivity index (χ1) is 16.5. The van der Waals surface area contributed by atoms with Gasteiger partial charge in [-0.25, -0.2) is 9.97 Å². The number of fused-ring (bicyclic) bond motifs is 1. The van der Waals surface area contributed by atoms with Crippen molar-refractivity contribution in [3.05, 3.63) is 72.0 Å². The van der Waals surface area contributed by atoms with Crippen LogP contribution in [0.3, 0.4) is 0 Å². The number of anilines is 2. The number of H-pyrrole nitrogens is 1. The molecule has 1 aromatic carbocycles. The van der Waals surface area contributed by atoms with E-state index in [9.17, 15) is 4.79 Å². The highest BCUT2D eigenvalue weighted by Crippen LogP contribution is 2.42. The molecule has 4 heterocycles. The van der Waals surface area contributed by atoms with Gasteiger partial charge in [-0.3, -0.25) is 4.79 Å². The number of pyridine rings is 2. The number of carbonyl (C=O) groups is 1. The summed E-state index contributed by atoms with van der Waals surface area (Å²) in [5.74, 6) is 0.635. The van der Waals surface area contributed by atoms with Gasteiger partial charge < -0.3 is 19.9 Å². The highest BCUT2D eigenvalue weighted by atomic mass is 35.5. The van der Waals surface area contributed by atoms with Crippen molar-refractivity contribution in [2.75, 3.05) is 36.5 Å². The van der Waals surface area contributed by atoms with Crippen LogP contribution in [0.1, 0.15) is 5.56 Å². The van der Waals surface area contributed by atoms with Gasteiger partial charge in [-0.05, 0) is 48.4 Å². The minimum atomic E-state index is -0.261. The van der Waals surface area contributed by atoms with Gasteiger partial charge in [-0.15, -0.1) is 0 Å². The molecule has 0 atom stereocenters. The summed E-state index contributed by atoms with van der Waals surface area (Å²) in [6, 6.07) is 11.8. The molecule has 0 radical (unpaired) electrons. The third kappa shape index (κ3) is 4.16. The molecule has 2 N–H and O–H groups in total. The van der Waals surface area contributed by atoms with Crippen LogP contribution in [0, 0.1) is 6.92 Å². The number of carbonyl (C=O) groups excluding carboxylic acids is 1. The molecule has 3 aromatic heterocycles. The Bertz CT molecular complexity index is 1390. The molecule has 0 saturated carbocycles. The lowest BCUT2D eigenvalue weighted by Crippen LogP contribution is -2.36. The largest absolute Gasteiger partial charge is 0.378 e. The molecule has 1 aliphatic heterocycles. The zero-order valence-electron chi connectivity index (χ0n) is 18.8. The van der Waals surface area contributed by atoms with Crippen molar-refractivity contribution in [2.24, 2.45) is 0 Å². The molecule has 0 bridgehead atoms. The van der Waals surface area contributed by atoms with Gasteiger partial charge >= 0.3 is 0 Å². The molecule has 7 nitrogen and oxygen atoms in total. The summed E-state index contributed by atoms with van der Waals surface area (Å²) >= 11 is 6.67. The number of amides is 1. The molecule has 5 rings (SSSR count). The van der Waals surface area contributed by atoms with Crippen molar-refractivity contribution >= 4 is 40.0 Å². The number of aromatic amines is 1. The molecule has 172 valence electrons. The number of hydrogen-bond donors (Lipinski definition) is 2. The van der Waals surface area contributed by atoms with E-state index in [-0.39, 0.29) is 5.91 Å². The second-order valence-electron chi connectivity index (χ2n) is 8.12. The lowest BCUT2D eigenvalue weighted by Gasteiger charge is -2.28. The van der Waals surface area contributed by atoms with E-state index in [2.05, 4.69) is 37.8 Å². The zero-order chi connectivity index (χ0) is 23.7. The highest BCUT2D eigenvalue weighted by molar-refractivity contribution is 6.36. The van der Waals surface area contributed by atoms with E-state index in [4.69, 9.17) is 16.3 Å². The average Bonchev–Trinajstić information content (AvgIpc) is 3.27. The fourth-order valence-electron chi connectivity index (χ4n) is 4.22. The van der Waals surface area contributed by atoms with Crippen LogP contribution in [0.5, 0.6) is 0 Å². The van der Waals surface area contributed by atoms with E-state index in [1.165, 1.54) is 6.08 Å². The number of aryl methyl sites for hydroxylation is 1. The van der Waals surface area contributed by atoms with Crippen LogP contribution < -0.4 is 10.2 Å². The quantitative estimate of drug-likeness (QED) is 0.388. The van der Waals surface area contributed by atoms with E-state index in [0.717, 1.165) is 52.2 Å². The van der Waals surface area contributed by atoms with Crippen LogP contribution in [-0.2, 0) is 9.53 Å². The number of aromatic nitrogens is 3. The molecule has 1 fully saturated rings. The van der Waals surface area contributed by atoms with E-state index in [1.807, 2.05) is 37.4 Å². The summed E-state index contributed by atoms with van der Waals surface area (Å²) < 4.78 is 5.49. The van der Waals surface area contributed by atoms with Crippen molar-refractivity contribution in [1.29, 1.82) is 0 Å². The van der Waals surface area contributed by atoms with Crippen molar-refractivity contribution in [1.82, 2.24) is 15.0 Å². The van der Waals surface area contributed by atoms with Crippen molar-refractivity contribution < 1.29 is 9.53 Å². The van der Waals surface area contributed by atoms with Gasteiger partial charge in [0.15, 0.2) is 0 Å². The Balaban J connectivity index is 1.69. The summed E-state index contributed by atoms with van der Waals surface area (Å²) in [6.07, 6.45) is 4.76. The normalized spacial score (nSPS) is 13.8. The van der Waals surface area contributed by atoms with E-state index in [0.29, 0.717) is 29.6 Å². The zero-order valence-corrected chi connectivity index (χ0v) is 19.5. The smallest absolute Gasteiger partial charge is 0.247 e. The van der Waals surface area contributed by atoms with E-state index >= 15 is 0 Å². The summed E-state index contributed by atoms with van der Waals surface area (Å²) in [7, 11) is 0. The van der Waals surface area contributed by atoms with E-state index < -0.39 is 0 Å². The van der Waals surface area contributed by atoms with Crippen LogP contribution in [0.25, 0.3) is 33.4 Å². The van der Waals surface area contributed by atoms with Crippen LogP contribution in [-0.4, -0.2) is 47.2 Å². The standard InChI is InChI=1S/C26H24ClN5O2/c1-3-22(33)30-20-14-17(5-4-16(20)2)23-24-19(27)7-9-29-26(24)31-25(23)18-6-8-28-21(15-18)32-10-12-34-13-11-32/h3-9,14-15H,1,10-13H2,2H3,(H,29,31)(H,30,33). The van der Waals surface area contributed by atoms with Crippen LogP contribution >= 0.6 is 11.6 Å². The number of halogens is 1. The average molecular weight is 474 g/mol. The summed E-state index contributed by atoms with van der Waals surface area (Å²) in [4.78, 5) is 26.8. The molecular weight excluding hydrogens is 450 g/mol. The number of rotatable bonds is 5. The molecule has 1 saturated heterocycles. The van der Waals surface area contributed by atoms with Gasteiger partial charge in [0.25, 0.3) is 0 Å². The SMILES string of the molecule is C=CC(=O)Nc1cc(-c2c(-c3ccnc(N4CCOCC4)c3)[nH]c3nccc(Cl)c23)ccc1C. The number of benzene rings is 1. The minimum Gasteiger partial charge on any atom is -0.378 e. The maximum Gasteiger partial charge on any atom is 0.247 e.